The van der Waals surface area contributed by atoms with E-state index in [4.69, 9.17) is 4.74 Å². The van der Waals surface area contributed by atoms with Crippen molar-refractivity contribution in [3.63, 3.8) is 0 Å². The lowest BCUT2D eigenvalue weighted by molar-refractivity contribution is 0.0755. The van der Waals surface area contributed by atoms with Crippen molar-refractivity contribution in [2.75, 3.05) is 26.3 Å². The van der Waals surface area contributed by atoms with Crippen molar-refractivity contribution in [1.82, 2.24) is 15.1 Å². The molecular weight excluding hydrogens is 298 g/mol. The van der Waals surface area contributed by atoms with Gasteiger partial charge in [-0.2, -0.15) is 5.10 Å². The first-order chi connectivity index (χ1) is 10.8. The van der Waals surface area contributed by atoms with E-state index >= 15 is 0 Å². The summed E-state index contributed by atoms with van der Waals surface area (Å²) >= 11 is 1.61. The Labute approximate surface area is 134 Å². The average Bonchev–Trinajstić information content (AvgIpc) is 3.26. The Kier molecular flexibility index (Phi) is 4.90. The first-order valence-electron chi connectivity index (χ1n) is 7.74. The number of carbonyl (C=O) groups is 1. The van der Waals surface area contributed by atoms with Crippen molar-refractivity contribution in [2.45, 2.75) is 19.8 Å². The fourth-order valence-corrected chi connectivity index (χ4v) is 3.51. The summed E-state index contributed by atoms with van der Waals surface area (Å²) in [5.41, 5.74) is 1.49. The van der Waals surface area contributed by atoms with Crippen LogP contribution in [0.3, 0.4) is 0 Å². The SMILES string of the molecule is CCCOC[C@@H]1CCN(C(=O)c2cn[nH]c2-c2cccs2)C1. The molecule has 1 fully saturated rings. The highest BCUT2D eigenvalue weighted by Gasteiger charge is 2.29. The summed E-state index contributed by atoms with van der Waals surface area (Å²) in [4.78, 5) is 15.7. The van der Waals surface area contributed by atoms with Gasteiger partial charge in [-0.05, 0) is 24.3 Å². The van der Waals surface area contributed by atoms with Crippen LogP contribution in [0.15, 0.2) is 23.7 Å². The third kappa shape index (κ3) is 3.23. The molecule has 1 amide bonds. The monoisotopic (exact) mass is 319 g/mol. The lowest BCUT2D eigenvalue weighted by Gasteiger charge is -2.16. The highest BCUT2D eigenvalue weighted by atomic mass is 32.1. The molecule has 0 radical (unpaired) electrons. The molecule has 0 aromatic carbocycles. The Bertz CT molecular complexity index is 609. The lowest BCUT2D eigenvalue weighted by atomic mass is 10.1. The van der Waals surface area contributed by atoms with Crippen molar-refractivity contribution in [1.29, 1.82) is 0 Å². The van der Waals surface area contributed by atoms with E-state index in [1.807, 2.05) is 22.4 Å². The molecule has 3 heterocycles. The summed E-state index contributed by atoms with van der Waals surface area (Å²) in [6.07, 6.45) is 3.69. The van der Waals surface area contributed by atoms with Gasteiger partial charge in [0.2, 0.25) is 0 Å². The summed E-state index contributed by atoms with van der Waals surface area (Å²) in [6.45, 7) is 5.23. The van der Waals surface area contributed by atoms with Gasteiger partial charge < -0.3 is 9.64 Å². The summed E-state index contributed by atoms with van der Waals surface area (Å²) in [5, 5.41) is 9.01. The number of amides is 1. The van der Waals surface area contributed by atoms with Crippen LogP contribution in [0.25, 0.3) is 10.6 Å². The van der Waals surface area contributed by atoms with Crippen LogP contribution in [0.2, 0.25) is 0 Å². The van der Waals surface area contributed by atoms with Crippen LogP contribution in [-0.2, 0) is 4.74 Å². The third-order valence-corrected chi connectivity index (χ3v) is 4.80. The molecule has 0 saturated carbocycles. The summed E-state index contributed by atoms with van der Waals surface area (Å²) < 4.78 is 5.61. The molecule has 22 heavy (non-hydrogen) atoms. The minimum Gasteiger partial charge on any atom is -0.381 e. The highest BCUT2D eigenvalue weighted by molar-refractivity contribution is 7.13. The Hall–Kier alpha value is -1.66. The second-order valence-corrected chi connectivity index (χ2v) is 6.56. The van der Waals surface area contributed by atoms with E-state index in [9.17, 15) is 4.79 Å². The molecule has 1 aliphatic rings. The van der Waals surface area contributed by atoms with Crippen LogP contribution in [0.4, 0.5) is 0 Å². The van der Waals surface area contributed by atoms with Crippen LogP contribution < -0.4 is 0 Å². The lowest BCUT2D eigenvalue weighted by Crippen LogP contribution is -2.29. The zero-order valence-electron chi connectivity index (χ0n) is 12.7. The maximum Gasteiger partial charge on any atom is 0.257 e. The second kappa shape index (κ2) is 7.07. The van der Waals surface area contributed by atoms with Gasteiger partial charge in [0.1, 0.15) is 0 Å². The van der Waals surface area contributed by atoms with Crippen molar-refractivity contribution >= 4 is 17.2 Å². The number of aromatic nitrogens is 2. The van der Waals surface area contributed by atoms with E-state index in [0.717, 1.165) is 49.7 Å². The zero-order valence-corrected chi connectivity index (χ0v) is 13.6. The van der Waals surface area contributed by atoms with Crippen LogP contribution in [0.5, 0.6) is 0 Å². The molecule has 2 aromatic rings. The van der Waals surface area contributed by atoms with Crippen LogP contribution in [-0.4, -0.2) is 47.3 Å². The van der Waals surface area contributed by atoms with E-state index in [1.54, 1.807) is 17.5 Å². The van der Waals surface area contributed by atoms with Gasteiger partial charge in [-0.1, -0.05) is 13.0 Å². The number of aromatic amines is 1. The molecule has 3 rings (SSSR count). The van der Waals surface area contributed by atoms with E-state index < -0.39 is 0 Å². The standard InChI is InChI=1S/C16H21N3O2S/c1-2-7-21-11-12-5-6-19(10-12)16(20)13-9-17-18-15(13)14-4-3-8-22-14/h3-4,8-9,12H,2,5-7,10-11H2,1H3,(H,17,18)/t12-/m1/s1. The number of likely N-dealkylation sites (tertiary alicyclic amines) is 1. The molecule has 1 saturated heterocycles. The molecule has 0 bridgehead atoms. The first kappa shape index (κ1) is 15.2. The molecule has 1 N–H and O–H groups in total. The Morgan fingerprint density at radius 2 is 2.50 bits per heavy atom. The predicted molar refractivity (Wildman–Crippen MR) is 87.0 cm³/mol. The topological polar surface area (TPSA) is 58.2 Å². The summed E-state index contributed by atoms with van der Waals surface area (Å²) in [6, 6.07) is 3.98. The van der Waals surface area contributed by atoms with E-state index in [-0.39, 0.29) is 5.91 Å². The normalized spacial score (nSPS) is 18.0. The van der Waals surface area contributed by atoms with Gasteiger partial charge in [-0.15, -0.1) is 11.3 Å². The summed E-state index contributed by atoms with van der Waals surface area (Å²) in [5.74, 6) is 0.516. The average molecular weight is 319 g/mol. The number of rotatable bonds is 6. The Morgan fingerprint density at radius 1 is 1.59 bits per heavy atom. The minimum absolute atomic E-state index is 0.0649. The second-order valence-electron chi connectivity index (χ2n) is 5.62. The van der Waals surface area contributed by atoms with Gasteiger partial charge in [0.25, 0.3) is 5.91 Å². The van der Waals surface area contributed by atoms with Crippen molar-refractivity contribution < 1.29 is 9.53 Å². The zero-order chi connectivity index (χ0) is 15.4. The van der Waals surface area contributed by atoms with E-state index in [1.165, 1.54) is 0 Å². The molecule has 6 heteroatoms. The number of nitrogens with zero attached hydrogens (tertiary/aromatic N) is 2. The van der Waals surface area contributed by atoms with Gasteiger partial charge >= 0.3 is 0 Å². The van der Waals surface area contributed by atoms with Crippen molar-refractivity contribution in [2.24, 2.45) is 5.92 Å². The largest absolute Gasteiger partial charge is 0.381 e. The Morgan fingerprint density at radius 3 is 3.27 bits per heavy atom. The number of thiophene rings is 1. The predicted octanol–water partition coefficient (Wildman–Crippen LogP) is 3.03. The minimum atomic E-state index is 0.0649. The van der Waals surface area contributed by atoms with Gasteiger partial charge in [0, 0.05) is 25.6 Å². The molecule has 1 atom stereocenters. The van der Waals surface area contributed by atoms with Crippen molar-refractivity contribution in [3.05, 3.63) is 29.3 Å². The summed E-state index contributed by atoms with van der Waals surface area (Å²) in [7, 11) is 0. The van der Waals surface area contributed by atoms with Crippen LogP contribution in [0, 0.1) is 5.92 Å². The van der Waals surface area contributed by atoms with Gasteiger partial charge in [0.15, 0.2) is 0 Å². The number of carbonyl (C=O) groups excluding carboxylic acids is 1. The number of hydrogen-bond donors (Lipinski definition) is 1. The van der Waals surface area contributed by atoms with E-state index in [2.05, 4.69) is 17.1 Å². The highest BCUT2D eigenvalue weighted by Crippen LogP contribution is 2.28. The molecule has 0 aliphatic carbocycles. The third-order valence-electron chi connectivity index (χ3n) is 3.91. The maximum absolute atomic E-state index is 12.7. The van der Waals surface area contributed by atoms with Gasteiger partial charge in [-0.25, -0.2) is 0 Å². The Balaban J connectivity index is 1.65. The number of nitrogens with one attached hydrogen (secondary N) is 1. The molecule has 118 valence electrons. The van der Waals surface area contributed by atoms with Crippen LogP contribution in [0.1, 0.15) is 30.1 Å². The first-order valence-corrected chi connectivity index (χ1v) is 8.61. The molecule has 0 unspecified atom stereocenters. The van der Waals surface area contributed by atoms with Crippen molar-refractivity contribution in [3.8, 4) is 10.6 Å². The van der Waals surface area contributed by atoms with Gasteiger partial charge in [0.05, 0.1) is 28.9 Å². The maximum atomic E-state index is 12.7. The molecule has 1 aliphatic heterocycles. The quantitative estimate of drug-likeness (QED) is 0.833. The van der Waals surface area contributed by atoms with E-state index in [0.29, 0.717) is 11.5 Å². The number of hydrogen-bond acceptors (Lipinski definition) is 4. The molecule has 5 nitrogen and oxygen atoms in total. The molecule has 0 spiro atoms. The fraction of sp³-hybridized carbons (Fsp3) is 0.500. The number of ether oxygens (including phenoxy) is 1. The molecule has 2 aromatic heterocycles. The number of H-pyrrole nitrogens is 1. The molecular formula is C16H21N3O2S. The van der Waals surface area contributed by atoms with Crippen LogP contribution >= 0.6 is 11.3 Å². The smallest absolute Gasteiger partial charge is 0.257 e. The van der Waals surface area contributed by atoms with Gasteiger partial charge in [-0.3, -0.25) is 9.89 Å². The fourth-order valence-electron chi connectivity index (χ4n) is 2.77.